The number of nitriles is 1. The second-order valence-corrected chi connectivity index (χ2v) is 3.23. The molecule has 4 heteroatoms. The minimum atomic E-state index is 0.593. The van der Waals surface area contributed by atoms with E-state index in [0.717, 1.165) is 11.1 Å². The number of benzene rings is 1. The van der Waals surface area contributed by atoms with Gasteiger partial charge in [-0.05, 0) is 18.2 Å². The molecule has 0 aliphatic carbocycles. The number of hydrogen-bond donors (Lipinski definition) is 1. The van der Waals surface area contributed by atoms with E-state index in [1.165, 1.54) is 0 Å². The summed E-state index contributed by atoms with van der Waals surface area (Å²) in [5.41, 5.74) is 2.26. The largest absolute Gasteiger partial charge is 0.285 e. The fourth-order valence-electron chi connectivity index (χ4n) is 1.25. The van der Waals surface area contributed by atoms with Gasteiger partial charge >= 0.3 is 0 Å². The molecule has 68 valence electrons. The van der Waals surface area contributed by atoms with Crippen molar-refractivity contribution in [3.8, 4) is 17.2 Å². The lowest BCUT2D eigenvalue weighted by atomic mass is 10.0. The molecule has 0 saturated heterocycles. The van der Waals surface area contributed by atoms with E-state index in [1.807, 2.05) is 0 Å². The zero-order valence-electron chi connectivity index (χ0n) is 7.16. The summed E-state index contributed by atoms with van der Waals surface area (Å²) in [6, 6.07) is 7.26. The molecule has 0 spiro atoms. The molecule has 1 N–H and O–H groups in total. The Kier molecular flexibility index (Phi) is 2.21. The zero-order chi connectivity index (χ0) is 9.97. The van der Waals surface area contributed by atoms with Crippen molar-refractivity contribution < 1.29 is 0 Å². The Hall–Kier alpha value is -1.79. The summed E-state index contributed by atoms with van der Waals surface area (Å²) < 4.78 is 0. The van der Waals surface area contributed by atoms with Gasteiger partial charge in [-0.3, -0.25) is 5.10 Å². The van der Waals surface area contributed by atoms with Crippen molar-refractivity contribution in [1.29, 1.82) is 5.26 Å². The van der Waals surface area contributed by atoms with E-state index in [-0.39, 0.29) is 0 Å². The average molecular weight is 204 g/mol. The van der Waals surface area contributed by atoms with Crippen molar-refractivity contribution in [2.45, 2.75) is 0 Å². The SMILES string of the molecule is N#Cc1ccc(Cl)cc1-c1cn[nH]c1. The minimum Gasteiger partial charge on any atom is -0.285 e. The van der Waals surface area contributed by atoms with Gasteiger partial charge in [-0.15, -0.1) is 0 Å². The van der Waals surface area contributed by atoms with Crippen LogP contribution in [0.5, 0.6) is 0 Å². The number of H-pyrrole nitrogens is 1. The smallest absolute Gasteiger partial charge is 0.0998 e. The lowest BCUT2D eigenvalue weighted by Gasteiger charge is -2.00. The molecule has 1 heterocycles. The molecular weight excluding hydrogens is 198 g/mol. The third-order valence-electron chi connectivity index (χ3n) is 1.91. The lowest BCUT2D eigenvalue weighted by Crippen LogP contribution is -1.82. The molecule has 3 nitrogen and oxygen atoms in total. The summed E-state index contributed by atoms with van der Waals surface area (Å²) in [7, 11) is 0. The predicted molar refractivity (Wildman–Crippen MR) is 53.7 cm³/mol. The first-order valence-corrected chi connectivity index (χ1v) is 4.38. The molecule has 0 radical (unpaired) electrons. The number of halogens is 1. The Balaban J connectivity index is 2.63. The van der Waals surface area contributed by atoms with Gasteiger partial charge in [0.15, 0.2) is 0 Å². The van der Waals surface area contributed by atoms with Gasteiger partial charge in [-0.25, -0.2) is 0 Å². The van der Waals surface area contributed by atoms with Crippen LogP contribution in [0.1, 0.15) is 5.56 Å². The number of nitrogens with zero attached hydrogens (tertiary/aromatic N) is 2. The molecule has 2 rings (SSSR count). The van der Waals surface area contributed by atoms with Crippen LogP contribution in [0.15, 0.2) is 30.6 Å². The van der Waals surface area contributed by atoms with E-state index in [1.54, 1.807) is 30.6 Å². The quantitative estimate of drug-likeness (QED) is 0.775. The minimum absolute atomic E-state index is 0.593. The van der Waals surface area contributed by atoms with Crippen LogP contribution in [0.4, 0.5) is 0 Å². The normalized spacial score (nSPS) is 9.71. The van der Waals surface area contributed by atoms with Crippen LogP contribution in [0.3, 0.4) is 0 Å². The van der Waals surface area contributed by atoms with Crippen molar-refractivity contribution in [3.05, 3.63) is 41.2 Å². The molecule has 0 aliphatic heterocycles. The molecule has 0 aliphatic rings. The zero-order valence-corrected chi connectivity index (χ0v) is 7.92. The van der Waals surface area contributed by atoms with Gasteiger partial charge in [-0.1, -0.05) is 11.6 Å². The van der Waals surface area contributed by atoms with Crippen LogP contribution >= 0.6 is 11.6 Å². The van der Waals surface area contributed by atoms with Crippen molar-refractivity contribution >= 4 is 11.6 Å². The first-order valence-electron chi connectivity index (χ1n) is 4.00. The number of hydrogen-bond acceptors (Lipinski definition) is 2. The maximum atomic E-state index is 8.88. The fourth-order valence-corrected chi connectivity index (χ4v) is 1.42. The molecular formula is C10H6ClN3. The van der Waals surface area contributed by atoms with Crippen molar-refractivity contribution in [2.24, 2.45) is 0 Å². The molecule has 1 aromatic heterocycles. The Morgan fingerprint density at radius 3 is 2.93 bits per heavy atom. The second kappa shape index (κ2) is 3.52. The van der Waals surface area contributed by atoms with E-state index < -0.39 is 0 Å². The third-order valence-corrected chi connectivity index (χ3v) is 2.15. The van der Waals surface area contributed by atoms with Crippen molar-refractivity contribution in [3.63, 3.8) is 0 Å². The molecule has 2 aromatic rings. The first kappa shape index (κ1) is 8.79. The highest BCUT2D eigenvalue weighted by Crippen LogP contribution is 2.25. The second-order valence-electron chi connectivity index (χ2n) is 2.79. The molecule has 1 aromatic carbocycles. The van der Waals surface area contributed by atoms with Crippen LogP contribution in [-0.4, -0.2) is 10.2 Å². The molecule has 0 bridgehead atoms. The Morgan fingerprint density at radius 2 is 2.29 bits per heavy atom. The third kappa shape index (κ3) is 1.48. The molecule has 0 unspecified atom stereocenters. The number of aromatic amines is 1. The number of nitrogens with one attached hydrogen (secondary N) is 1. The Bertz CT molecular complexity index is 483. The van der Waals surface area contributed by atoms with E-state index in [9.17, 15) is 0 Å². The maximum Gasteiger partial charge on any atom is 0.0998 e. The van der Waals surface area contributed by atoms with Crippen LogP contribution < -0.4 is 0 Å². The van der Waals surface area contributed by atoms with Gasteiger partial charge in [0.1, 0.15) is 0 Å². The molecule has 0 fully saturated rings. The molecule has 0 saturated carbocycles. The molecule has 14 heavy (non-hydrogen) atoms. The summed E-state index contributed by atoms with van der Waals surface area (Å²) in [6.07, 6.45) is 3.39. The summed E-state index contributed by atoms with van der Waals surface area (Å²) in [5, 5.41) is 16.0. The van der Waals surface area contributed by atoms with Crippen molar-refractivity contribution in [1.82, 2.24) is 10.2 Å². The topological polar surface area (TPSA) is 52.5 Å². The summed E-state index contributed by atoms with van der Waals surface area (Å²) in [4.78, 5) is 0. The Labute approximate surface area is 85.9 Å². The van der Waals surface area contributed by atoms with Crippen molar-refractivity contribution in [2.75, 3.05) is 0 Å². The number of aromatic nitrogens is 2. The lowest BCUT2D eigenvalue weighted by molar-refractivity contribution is 1.09. The maximum absolute atomic E-state index is 8.88. The fraction of sp³-hybridized carbons (Fsp3) is 0. The monoisotopic (exact) mass is 203 g/mol. The van der Waals surface area contributed by atoms with Gasteiger partial charge in [0.05, 0.1) is 17.8 Å². The van der Waals surface area contributed by atoms with E-state index in [0.29, 0.717) is 10.6 Å². The Morgan fingerprint density at radius 1 is 1.43 bits per heavy atom. The van der Waals surface area contributed by atoms with Crippen LogP contribution in [0.2, 0.25) is 5.02 Å². The van der Waals surface area contributed by atoms with Gasteiger partial charge in [-0.2, -0.15) is 10.4 Å². The van der Waals surface area contributed by atoms with E-state index in [4.69, 9.17) is 16.9 Å². The van der Waals surface area contributed by atoms with Crippen LogP contribution in [0.25, 0.3) is 11.1 Å². The van der Waals surface area contributed by atoms with Gasteiger partial charge in [0.2, 0.25) is 0 Å². The standard InChI is InChI=1S/C10H6ClN3/c11-9-2-1-7(4-12)10(3-9)8-5-13-14-6-8/h1-3,5-6H,(H,13,14). The summed E-state index contributed by atoms with van der Waals surface area (Å²) in [5.74, 6) is 0. The first-order chi connectivity index (χ1) is 6.81. The highest BCUT2D eigenvalue weighted by atomic mass is 35.5. The highest BCUT2D eigenvalue weighted by molar-refractivity contribution is 6.30. The van der Waals surface area contributed by atoms with Gasteiger partial charge in [0, 0.05) is 22.3 Å². The van der Waals surface area contributed by atoms with Crippen LogP contribution in [-0.2, 0) is 0 Å². The van der Waals surface area contributed by atoms with E-state index >= 15 is 0 Å². The predicted octanol–water partition coefficient (Wildman–Crippen LogP) is 2.60. The average Bonchev–Trinajstić information content (AvgIpc) is 2.70. The van der Waals surface area contributed by atoms with Crippen LogP contribution in [0, 0.1) is 11.3 Å². The molecule has 0 amide bonds. The van der Waals surface area contributed by atoms with Gasteiger partial charge in [0.25, 0.3) is 0 Å². The molecule has 0 atom stereocenters. The highest BCUT2D eigenvalue weighted by Gasteiger charge is 2.05. The summed E-state index contributed by atoms with van der Waals surface area (Å²) >= 11 is 5.85. The summed E-state index contributed by atoms with van der Waals surface area (Å²) in [6.45, 7) is 0. The van der Waals surface area contributed by atoms with Gasteiger partial charge < -0.3 is 0 Å². The van der Waals surface area contributed by atoms with E-state index in [2.05, 4.69) is 16.3 Å². The number of rotatable bonds is 1.